The molecule has 1 aliphatic rings. The van der Waals surface area contributed by atoms with E-state index in [1.165, 1.54) is 0 Å². The first-order valence-corrected chi connectivity index (χ1v) is 8.25. The smallest absolute Gasteiger partial charge is 0.221 e. The Hall–Kier alpha value is -0.940. The van der Waals surface area contributed by atoms with Gasteiger partial charge < -0.3 is 10.1 Å². The van der Waals surface area contributed by atoms with E-state index in [4.69, 9.17) is 4.74 Å². The fraction of sp³-hybridized carbons (Fsp3) is 0.733. The first-order chi connectivity index (χ1) is 9.55. The minimum Gasteiger partial charge on any atom is -0.381 e. The zero-order valence-electron chi connectivity index (χ0n) is 12.6. The lowest BCUT2D eigenvalue weighted by Crippen LogP contribution is -2.49. The molecule has 1 aromatic rings. The van der Waals surface area contributed by atoms with Gasteiger partial charge in [-0.2, -0.15) is 0 Å². The zero-order valence-corrected chi connectivity index (χ0v) is 13.4. The summed E-state index contributed by atoms with van der Waals surface area (Å²) in [4.78, 5) is 16.9. The van der Waals surface area contributed by atoms with Crippen LogP contribution in [0.2, 0.25) is 0 Å². The monoisotopic (exact) mass is 296 g/mol. The topological polar surface area (TPSA) is 51.2 Å². The SMILES string of the molecule is CCC(C)CC(=O)NC1(c2nc(C)cs2)CCOCC1. The Morgan fingerprint density at radius 3 is 2.80 bits per heavy atom. The second kappa shape index (κ2) is 6.68. The fourth-order valence-corrected chi connectivity index (χ4v) is 3.48. The second-order valence-corrected chi connectivity index (χ2v) is 6.61. The maximum absolute atomic E-state index is 12.3. The molecule has 2 heterocycles. The molecule has 0 bridgehead atoms. The molecule has 0 radical (unpaired) electrons. The van der Waals surface area contributed by atoms with Gasteiger partial charge in [0, 0.05) is 43.6 Å². The Kier molecular flexibility index (Phi) is 5.16. The third-order valence-electron chi connectivity index (χ3n) is 3.98. The van der Waals surface area contributed by atoms with E-state index in [0.717, 1.165) is 30.0 Å². The van der Waals surface area contributed by atoms with Crippen LogP contribution in [0.15, 0.2) is 5.38 Å². The lowest BCUT2D eigenvalue weighted by atomic mass is 9.90. The highest BCUT2D eigenvalue weighted by molar-refractivity contribution is 7.09. The van der Waals surface area contributed by atoms with Crippen molar-refractivity contribution in [3.63, 3.8) is 0 Å². The van der Waals surface area contributed by atoms with E-state index in [2.05, 4.69) is 24.1 Å². The molecule has 0 aromatic carbocycles. The van der Waals surface area contributed by atoms with Crippen LogP contribution in [0.25, 0.3) is 0 Å². The van der Waals surface area contributed by atoms with Crippen LogP contribution in [-0.4, -0.2) is 24.1 Å². The van der Waals surface area contributed by atoms with E-state index in [9.17, 15) is 4.79 Å². The lowest BCUT2D eigenvalue weighted by molar-refractivity contribution is -0.125. The minimum atomic E-state index is -0.318. The van der Waals surface area contributed by atoms with Crippen molar-refractivity contribution in [3.05, 3.63) is 16.1 Å². The molecule has 1 aromatic heterocycles. The summed E-state index contributed by atoms with van der Waals surface area (Å²) in [5, 5.41) is 6.33. The summed E-state index contributed by atoms with van der Waals surface area (Å²) in [6, 6.07) is 0. The molecule has 1 saturated heterocycles. The van der Waals surface area contributed by atoms with Crippen LogP contribution in [0.1, 0.15) is 50.2 Å². The largest absolute Gasteiger partial charge is 0.381 e. The summed E-state index contributed by atoms with van der Waals surface area (Å²) in [5.74, 6) is 0.555. The first kappa shape index (κ1) is 15.4. The van der Waals surface area contributed by atoms with Crippen molar-refractivity contribution < 1.29 is 9.53 Å². The number of aromatic nitrogens is 1. The van der Waals surface area contributed by atoms with Crippen LogP contribution >= 0.6 is 11.3 Å². The predicted octanol–water partition coefficient (Wildman–Crippen LogP) is 3.01. The van der Waals surface area contributed by atoms with Crippen molar-refractivity contribution in [3.8, 4) is 0 Å². The normalized spacial score (nSPS) is 19.6. The molecular weight excluding hydrogens is 272 g/mol. The number of carbonyl (C=O) groups is 1. The Balaban J connectivity index is 2.13. The molecule has 0 saturated carbocycles. The highest BCUT2D eigenvalue weighted by Gasteiger charge is 2.38. The summed E-state index contributed by atoms with van der Waals surface area (Å²) in [6.07, 6.45) is 3.24. The van der Waals surface area contributed by atoms with Gasteiger partial charge >= 0.3 is 0 Å². The maximum atomic E-state index is 12.3. The number of ether oxygens (including phenoxy) is 1. The van der Waals surface area contributed by atoms with Crippen LogP contribution in [-0.2, 0) is 15.1 Å². The van der Waals surface area contributed by atoms with Gasteiger partial charge in [-0.05, 0) is 12.8 Å². The number of thiazole rings is 1. The number of rotatable bonds is 5. The van der Waals surface area contributed by atoms with Gasteiger partial charge in [0.1, 0.15) is 5.01 Å². The van der Waals surface area contributed by atoms with Crippen LogP contribution in [0.4, 0.5) is 0 Å². The van der Waals surface area contributed by atoms with Gasteiger partial charge in [-0.3, -0.25) is 4.79 Å². The Labute approximate surface area is 124 Å². The van der Waals surface area contributed by atoms with Crippen LogP contribution in [0, 0.1) is 12.8 Å². The van der Waals surface area contributed by atoms with Crippen LogP contribution in [0.3, 0.4) is 0 Å². The second-order valence-electron chi connectivity index (χ2n) is 5.75. The first-order valence-electron chi connectivity index (χ1n) is 7.37. The molecule has 1 fully saturated rings. The van der Waals surface area contributed by atoms with Gasteiger partial charge in [-0.25, -0.2) is 4.98 Å². The molecule has 4 nitrogen and oxygen atoms in total. The average Bonchev–Trinajstić information content (AvgIpc) is 2.86. The molecule has 112 valence electrons. The molecule has 1 N–H and O–H groups in total. The molecule has 1 unspecified atom stereocenters. The minimum absolute atomic E-state index is 0.133. The van der Waals surface area contributed by atoms with E-state index in [1.54, 1.807) is 11.3 Å². The number of nitrogens with zero attached hydrogens (tertiary/aromatic N) is 1. The van der Waals surface area contributed by atoms with Crippen molar-refractivity contribution in [1.29, 1.82) is 0 Å². The number of aryl methyl sites for hydroxylation is 1. The van der Waals surface area contributed by atoms with Crippen molar-refractivity contribution in [2.75, 3.05) is 13.2 Å². The van der Waals surface area contributed by atoms with E-state index in [-0.39, 0.29) is 11.4 Å². The number of nitrogens with one attached hydrogen (secondary N) is 1. The van der Waals surface area contributed by atoms with Gasteiger partial charge in [0.25, 0.3) is 0 Å². The Morgan fingerprint density at radius 2 is 2.25 bits per heavy atom. The van der Waals surface area contributed by atoms with E-state index >= 15 is 0 Å². The predicted molar refractivity (Wildman–Crippen MR) is 80.8 cm³/mol. The number of hydrogen-bond donors (Lipinski definition) is 1. The Bertz CT molecular complexity index is 452. The third-order valence-corrected chi connectivity index (χ3v) is 5.15. The fourth-order valence-electron chi connectivity index (χ4n) is 2.46. The van der Waals surface area contributed by atoms with Crippen LogP contribution < -0.4 is 5.32 Å². The third kappa shape index (κ3) is 3.58. The molecule has 1 atom stereocenters. The number of amides is 1. The summed E-state index contributed by atoms with van der Waals surface area (Å²) < 4.78 is 5.46. The summed E-state index contributed by atoms with van der Waals surface area (Å²) >= 11 is 1.64. The van der Waals surface area contributed by atoms with Crippen molar-refractivity contribution in [1.82, 2.24) is 10.3 Å². The molecule has 0 spiro atoms. The van der Waals surface area contributed by atoms with Crippen LogP contribution in [0.5, 0.6) is 0 Å². The average molecular weight is 296 g/mol. The molecule has 5 heteroatoms. The lowest BCUT2D eigenvalue weighted by Gasteiger charge is -2.36. The quantitative estimate of drug-likeness (QED) is 0.908. The highest BCUT2D eigenvalue weighted by Crippen LogP contribution is 2.34. The molecule has 2 rings (SSSR count). The zero-order chi connectivity index (χ0) is 14.6. The van der Waals surface area contributed by atoms with E-state index < -0.39 is 0 Å². The summed E-state index contributed by atoms with van der Waals surface area (Å²) in [7, 11) is 0. The van der Waals surface area contributed by atoms with Crippen molar-refractivity contribution >= 4 is 17.2 Å². The summed E-state index contributed by atoms with van der Waals surface area (Å²) in [6.45, 7) is 7.59. The van der Waals surface area contributed by atoms with Gasteiger partial charge in [0.15, 0.2) is 0 Å². The molecule has 0 aliphatic carbocycles. The van der Waals surface area contributed by atoms with Crippen molar-refractivity contribution in [2.45, 2.75) is 52.0 Å². The van der Waals surface area contributed by atoms with Crippen molar-refractivity contribution in [2.24, 2.45) is 5.92 Å². The molecule has 1 aliphatic heterocycles. The molecule has 20 heavy (non-hydrogen) atoms. The Morgan fingerprint density at radius 1 is 1.55 bits per heavy atom. The molecular formula is C15H24N2O2S. The number of hydrogen-bond acceptors (Lipinski definition) is 4. The van der Waals surface area contributed by atoms with Gasteiger partial charge in [0.2, 0.25) is 5.91 Å². The van der Waals surface area contributed by atoms with Gasteiger partial charge in [-0.15, -0.1) is 11.3 Å². The maximum Gasteiger partial charge on any atom is 0.221 e. The highest BCUT2D eigenvalue weighted by atomic mass is 32.1. The van der Waals surface area contributed by atoms with Gasteiger partial charge in [0.05, 0.1) is 5.54 Å². The van der Waals surface area contributed by atoms with Gasteiger partial charge in [-0.1, -0.05) is 20.3 Å². The van der Waals surface area contributed by atoms with E-state index in [1.807, 2.05) is 12.3 Å². The summed E-state index contributed by atoms with van der Waals surface area (Å²) in [5.41, 5.74) is 0.703. The number of carbonyl (C=O) groups excluding carboxylic acids is 1. The standard InChI is InChI=1S/C15H24N2O2S/c1-4-11(2)9-13(18)17-15(5-7-19-8-6-15)14-16-12(3)10-20-14/h10-11H,4-9H2,1-3H3,(H,17,18). The van der Waals surface area contributed by atoms with E-state index in [0.29, 0.717) is 25.6 Å². The molecule has 1 amide bonds.